The zero-order chi connectivity index (χ0) is 16.0. The van der Waals surface area contributed by atoms with Crippen LogP contribution in [0.2, 0.25) is 0 Å². The summed E-state index contributed by atoms with van der Waals surface area (Å²) in [4.78, 5) is 12.6. The second-order valence-electron chi connectivity index (χ2n) is 8.92. The number of hydrogen-bond donors (Lipinski definition) is 0. The van der Waals surface area contributed by atoms with Crippen LogP contribution in [0.1, 0.15) is 69.2 Å². The van der Waals surface area contributed by atoms with Crippen LogP contribution in [0, 0.1) is 16.2 Å². The summed E-state index contributed by atoms with van der Waals surface area (Å²) in [6.07, 6.45) is 0. The van der Waals surface area contributed by atoms with Crippen LogP contribution in [0.4, 0.5) is 0 Å². The van der Waals surface area contributed by atoms with Crippen LogP contribution in [-0.4, -0.2) is 22.8 Å². The molecule has 2 atom stereocenters. The highest BCUT2D eigenvalue weighted by atomic mass is 16.6. The second kappa shape index (κ2) is 3.43. The maximum atomic E-state index is 12.6. The van der Waals surface area contributed by atoms with Gasteiger partial charge in [-0.3, -0.25) is 4.79 Å². The lowest BCUT2D eigenvalue weighted by Crippen LogP contribution is -2.75. The summed E-state index contributed by atoms with van der Waals surface area (Å²) >= 11 is 0. The van der Waals surface area contributed by atoms with Crippen molar-refractivity contribution in [2.45, 2.75) is 86.0 Å². The number of carbonyl (C=O) groups is 1. The zero-order valence-corrected chi connectivity index (χ0v) is 14.7. The first-order valence-electron chi connectivity index (χ1n) is 7.52. The van der Waals surface area contributed by atoms with E-state index in [1.165, 1.54) is 0 Å². The van der Waals surface area contributed by atoms with Gasteiger partial charge in [-0.15, -0.1) is 0 Å². The monoisotopic (exact) mass is 282 g/mol. The van der Waals surface area contributed by atoms with Crippen LogP contribution in [0.3, 0.4) is 0 Å². The number of carbonyl (C=O) groups excluding carboxylic acids is 1. The van der Waals surface area contributed by atoms with Gasteiger partial charge in [-0.05, 0) is 48.5 Å². The van der Waals surface area contributed by atoms with Gasteiger partial charge in [-0.1, -0.05) is 20.8 Å². The molecule has 3 heteroatoms. The van der Waals surface area contributed by atoms with E-state index in [-0.39, 0.29) is 17.0 Å². The standard InChI is InChI=1S/C17H30O3/c1-12(2)11(18)19-17(10)13(3,4)14(5,6)20-15(7,8)16(12,17)9/h1-10H3. The third kappa shape index (κ3) is 1.25. The Morgan fingerprint density at radius 3 is 1.65 bits per heavy atom. The molecule has 116 valence electrons. The fraction of sp³-hybridized carbons (Fsp3) is 0.941. The lowest BCUT2D eigenvalue weighted by Gasteiger charge is -2.68. The Balaban J connectivity index is 2.82. The minimum Gasteiger partial charge on any atom is -0.458 e. The molecular formula is C17H30O3. The first kappa shape index (κ1) is 15.8. The van der Waals surface area contributed by atoms with E-state index in [0.717, 1.165) is 0 Å². The summed E-state index contributed by atoms with van der Waals surface area (Å²) in [6, 6.07) is 0. The van der Waals surface area contributed by atoms with Gasteiger partial charge in [0.05, 0.1) is 22.0 Å². The highest BCUT2D eigenvalue weighted by molar-refractivity contribution is 5.81. The summed E-state index contributed by atoms with van der Waals surface area (Å²) in [5.74, 6) is -0.120. The molecule has 2 saturated heterocycles. The molecule has 0 radical (unpaired) electrons. The van der Waals surface area contributed by atoms with E-state index < -0.39 is 22.0 Å². The number of ether oxygens (including phenoxy) is 2. The molecule has 2 aliphatic heterocycles. The highest BCUT2D eigenvalue weighted by Gasteiger charge is 2.80. The van der Waals surface area contributed by atoms with Gasteiger partial charge in [0.1, 0.15) is 5.60 Å². The van der Waals surface area contributed by atoms with E-state index >= 15 is 0 Å². The average molecular weight is 282 g/mol. The molecule has 0 bridgehead atoms. The number of rotatable bonds is 0. The van der Waals surface area contributed by atoms with E-state index in [4.69, 9.17) is 9.47 Å². The van der Waals surface area contributed by atoms with Crippen molar-refractivity contribution in [2.24, 2.45) is 16.2 Å². The largest absolute Gasteiger partial charge is 0.458 e. The van der Waals surface area contributed by atoms with Gasteiger partial charge in [-0.25, -0.2) is 0 Å². The van der Waals surface area contributed by atoms with Gasteiger partial charge < -0.3 is 9.47 Å². The van der Waals surface area contributed by atoms with Crippen molar-refractivity contribution in [1.29, 1.82) is 0 Å². The number of fused-ring (bicyclic) bond motifs is 1. The normalized spacial score (nSPS) is 43.8. The van der Waals surface area contributed by atoms with Crippen molar-refractivity contribution < 1.29 is 14.3 Å². The van der Waals surface area contributed by atoms with Gasteiger partial charge in [0, 0.05) is 5.41 Å². The van der Waals surface area contributed by atoms with Crippen LogP contribution in [0.15, 0.2) is 0 Å². The van der Waals surface area contributed by atoms with E-state index in [1.807, 2.05) is 13.8 Å². The molecule has 0 aromatic carbocycles. The molecule has 3 nitrogen and oxygen atoms in total. The molecule has 2 aliphatic rings. The summed E-state index contributed by atoms with van der Waals surface area (Å²) in [5.41, 5.74) is -2.72. The van der Waals surface area contributed by atoms with Crippen molar-refractivity contribution in [3.63, 3.8) is 0 Å². The van der Waals surface area contributed by atoms with Crippen molar-refractivity contribution in [3.05, 3.63) is 0 Å². The van der Waals surface area contributed by atoms with Crippen LogP contribution < -0.4 is 0 Å². The molecule has 2 unspecified atom stereocenters. The average Bonchev–Trinajstić information content (AvgIpc) is 2.36. The Hall–Kier alpha value is -0.570. The fourth-order valence-electron chi connectivity index (χ4n) is 4.74. The minimum absolute atomic E-state index is 0.120. The molecule has 0 aromatic heterocycles. The van der Waals surface area contributed by atoms with E-state index in [2.05, 4.69) is 55.4 Å². The van der Waals surface area contributed by atoms with Crippen molar-refractivity contribution in [1.82, 2.24) is 0 Å². The first-order valence-corrected chi connectivity index (χ1v) is 7.52. The molecule has 0 aromatic rings. The predicted octanol–water partition coefficient (Wildman–Crippen LogP) is 3.95. The fourth-order valence-corrected chi connectivity index (χ4v) is 4.74. The molecule has 2 fully saturated rings. The smallest absolute Gasteiger partial charge is 0.312 e. The third-order valence-electron chi connectivity index (χ3n) is 7.42. The Morgan fingerprint density at radius 1 is 0.750 bits per heavy atom. The Labute approximate surface area is 123 Å². The maximum Gasteiger partial charge on any atom is 0.312 e. The predicted molar refractivity (Wildman–Crippen MR) is 79.4 cm³/mol. The van der Waals surface area contributed by atoms with E-state index in [0.29, 0.717) is 0 Å². The molecular weight excluding hydrogens is 252 g/mol. The maximum absolute atomic E-state index is 12.6. The molecule has 20 heavy (non-hydrogen) atoms. The van der Waals surface area contributed by atoms with Crippen LogP contribution in [-0.2, 0) is 14.3 Å². The SMILES string of the molecule is CC1(C)OC(C)(C)C2(C)C(C)(C)C(=O)OC2(C)C1(C)C. The molecule has 2 heterocycles. The van der Waals surface area contributed by atoms with Gasteiger partial charge >= 0.3 is 5.97 Å². The summed E-state index contributed by atoms with van der Waals surface area (Å²) in [7, 11) is 0. The van der Waals surface area contributed by atoms with Gasteiger partial charge in [-0.2, -0.15) is 0 Å². The van der Waals surface area contributed by atoms with E-state index in [1.54, 1.807) is 0 Å². The molecule has 0 N–H and O–H groups in total. The van der Waals surface area contributed by atoms with Gasteiger partial charge in [0.25, 0.3) is 0 Å². The summed E-state index contributed by atoms with van der Waals surface area (Å²) < 4.78 is 12.5. The Bertz CT molecular complexity index is 473. The Morgan fingerprint density at radius 2 is 1.20 bits per heavy atom. The lowest BCUT2D eigenvalue weighted by molar-refractivity contribution is -0.346. The van der Waals surface area contributed by atoms with Gasteiger partial charge in [0.2, 0.25) is 0 Å². The first-order chi connectivity index (χ1) is 8.58. The van der Waals surface area contributed by atoms with Crippen LogP contribution in [0.5, 0.6) is 0 Å². The minimum atomic E-state index is -0.584. The molecule has 0 saturated carbocycles. The Kier molecular flexibility index (Phi) is 2.71. The topological polar surface area (TPSA) is 35.5 Å². The summed E-state index contributed by atoms with van der Waals surface area (Å²) in [6.45, 7) is 20.9. The molecule has 0 spiro atoms. The van der Waals surface area contributed by atoms with Crippen LogP contribution in [0.25, 0.3) is 0 Å². The highest BCUT2D eigenvalue weighted by Crippen LogP contribution is 2.72. The number of hydrogen-bond acceptors (Lipinski definition) is 3. The third-order valence-corrected chi connectivity index (χ3v) is 7.42. The second-order valence-corrected chi connectivity index (χ2v) is 8.92. The van der Waals surface area contributed by atoms with Crippen LogP contribution >= 0.6 is 0 Å². The summed E-state index contributed by atoms with van der Waals surface area (Å²) in [5, 5.41) is 0. The van der Waals surface area contributed by atoms with Crippen molar-refractivity contribution in [2.75, 3.05) is 0 Å². The number of esters is 1. The lowest BCUT2D eigenvalue weighted by atomic mass is 9.44. The zero-order valence-electron chi connectivity index (χ0n) is 14.7. The van der Waals surface area contributed by atoms with Gasteiger partial charge in [0.15, 0.2) is 0 Å². The quantitative estimate of drug-likeness (QED) is 0.631. The van der Waals surface area contributed by atoms with E-state index in [9.17, 15) is 4.79 Å². The molecule has 0 amide bonds. The van der Waals surface area contributed by atoms with Crippen molar-refractivity contribution in [3.8, 4) is 0 Å². The van der Waals surface area contributed by atoms with Crippen molar-refractivity contribution >= 4 is 5.97 Å². The molecule has 0 aliphatic carbocycles. The molecule has 2 rings (SSSR count).